The Morgan fingerprint density at radius 2 is 2.11 bits per heavy atom. The number of hydrogen-bond donors (Lipinski definition) is 1. The van der Waals surface area contributed by atoms with Gasteiger partial charge in [-0.1, -0.05) is 25.4 Å². The van der Waals surface area contributed by atoms with Gasteiger partial charge < -0.3 is 10.2 Å². The zero-order valence-electron chi connectivity index (χ0n) is 11.7. The van der Waals surface area contributed by atoms with Gasteiger partial charge in [0.15, 0.2) is 0 Å². The molecule has 0 bridgehead atoms. The number of aromatic nitrogens is 2. The zero-order chi connectivity index (χ0) is 14.2. The van der Waals surface area contributed by atoms with Crippen molar-refractivity contribution in [3.63, 3.8) is 0 Å². The molecule has 1 aromatic heterocycles. The molecule has 1 N–H and O–H groups in total. The monoisotopic (exact) mass is 282 g/mol. The Kier molecular flexibility index (Phi) is 3.67. The van der Waals surface area contributed by atoms with Crippen molar-refractivity contribution in [2.24, 2.45) is 0 Å². The second-order valence-corrected chi connectivity index (χ2v) is 5.88. The van der Waals surface area contributed by atoms with Crippen molar-refractivity contribution >= 4 is 23.3 Å². The van der Waals surface area contributed by atoms with Crippen LogP contribution in [0.5, 0.6) is 0 Å². The van der Waals surface area contributed by atoms with E-state index >= 15 is 0 Å². The summed E-state index contributed by atoms with van der Waals surface area (Å²) in [6.45, 7) is 9.20. The maximum Gasteiger partial charge on any atom is 0.245 e. The van der Waals surface area contributed by atoms with E-state index in [-0.39, 0.29) is 11.8 Å². The predicted molar refractivity (Wildman–Crippen MR) is 75.6 cm³/mol. The highest BCUT2D eigenvalue weighted by molar-refractivity contribution is 6.30. The van der Waals surface area contributed by atoms with Crippen molar-refractivity contribution in [3.8, 4) is 0 Å². The van der Waals surface area contributed by atoms with E-state index in [0.29, 0.717) is 18.2 Å². The smallest absolute Gasteiger partial charge is 0.245 e. The van der Waals surface area contributed by atoms with Crippen molar-refractivity contribution < 1.29 is 4.79 Å². The quantitative estimate of drug-likeness (QED) is 0.843. The Balaban J connectivity index is 2.52. The van der Waals surface area contributed by atoms with E-state index < -0.39 is 5.54 Å². The highest BCUT2D eigenvalue weighted by Crippen LogP contribution is 2.34. The number of nitrogens with zero attached hydrogens (tertiary/aromatic N) is 3. The summed E-state index contributed by atoms with van der Waals surface area (Å²) < 4.78 is 0. The van der Waals surface area contributed by atoms with Gasteiger partial charge in [-0.3, -0.25) is 4.79 Å². The molecule has 0 aliphatic carbocycles. The molecule has 0 atom stereocenters. The van der Waals surface area contributed by atoms with Gasteiger partial charge >= 0.3 is 0 Å². The third kappa shape index (κ3) is 2.39. The fourth-order valence-corrected chi connectivity index (χ4v) is 2.69. The molecular formula is C13H19ClN4O. The number of piperazine rings is 1. The van der Waals surface area contributed by atoms with Crippen LogP contribution < -0.4 is 10.2 Å². The molecule has 6 heteroatoms. The van der Waals surface area contributed by atoms with Crippen LogP contribution >= 0.6 is 11.6 Å². The van der Waals surface area contributed by atoms with Gasteiger partial charge in [0, 0.05) is 18.7 Å². The van der Waals surface area contributed by atoms with E-state index in [9.17, 15) is 4.79 Å². The number of carbonyl (C=O) groups excluding carboxylic acids is 1. The first-order valence-electron chi connectivity index (χ1n) is 6.42. The lowest BCUT2D eigenvalue weighted by Gasteiger charge is -2.43. The SMILES string of the molecule is CC(C)c1c(Cl)ncnc1N1CCNC(=O)C1(C)C. The molecule has 1 saturated heterocycles. The average molecular weight is 283 g/mol. The van der Waals surface area contributed by atoms with Crippen LogP contribution in [-0.2, 0) is 4.79 Å². The summed E-state index contributed by atoms with van der Waals surface area (Å²) in [4.78, 5) is 22.5. The molecule has 0 unspecified atom stereocenters. The lowest BCUT2D eigenvalue weighted by atomic mass is 9.96. The number of rotatable bonds is 2. The molecule has 0 spiro atoms. The van der Waals surface area contributed by atoms with E-state index in [1.54, 1.807) is 0 Å². The maximum atomic E-state index is 12.0. The van der Waals surface area contributed by atoms with Crippen LogP contribution in [0.2, 0.25) is 5.15 Å². The number of nitrogens with one attached hydrogen (secondary N) is 1. The highest BCUT2D eigenvalue weighted by atomic mass is 35.5. The van der Waals surface area contributed by atoms with Crippen molar-refractivity contribution in [2.45, 2.75) is 39.2 Å². The Labute approximate surface area is 118 Å². The molecule has 0 radical (unpaired) electrons. The molecule has 1 aliphatic heterocycles. The van der Waals surface area contributed by atoms with Crippen molar-refractivity contribution in [3.05, 3.63) is 17.0 Å². The second-order valence-electron chi connectivity index (χ2n) is 5.52. The standard InChI is InChI=1S/C13H19ClN4O/c1-8(2)9-10(14)16-7-17-11(9)18-6-5-15-12(19)13(18,3)4/h7-8H,5-6H2,1-4H3,(H,15,19). The molecule has 0 aromatic carbocycles. The number of halogens is 1. The van der Waals surface area contributed by atoms with Gasteiger partial charge in [-0.2, -0.15) is 0 Å². The topological polar surface area (TPSA) is 58.1 Å². The lowest BCUT2D eigenvalue weighted by Crippen LogP contribution is -2.62. The Bertz CT molecular complexity index is 501. The largest absolute Gasteiger partial charge is 0.352 e. The molecule has 5 nitrogen and oxygen atoms in total. The van der Waals surface area contributed by atoms with Crippen molar-refractivity contribution in [2.75, 3.05) is 18.0 Å². The predicted octanol–water partition coefficient (Wildman–Crippen LogP) is 1.97. The van der Waals surface area contributed by atoms with Gasteiger partial charge in [0.25, 0.3) is 0 Å². The molecule has 1 aromatic rings. The summed E-state index contributed by atoms with van der Waals surface area (Å²) in [7, 11) is 0. The Morgan fingerprint density at radius 3 is 2.74 bits per heavy atom. The van der Waals surface area contributed by atoms with Crippen LogP contribution in [0, 0.1) is 0 Å². The molecule has 1 fully saturated rings. The van der Waals surface area contributed by atoms with Gasteiger partial charge in [-0.25, -0.2) is 9.97 Å². The van der Waals surface area contributed by atoms with E-state index in [2.05, 4.69) is 15.3 Å². The molecule has 104 valence electrons. The summed E-state index contributed by atoms with van der Waals surface area (Å²) in [5, 5.41) is 3.34. The first-order chi connectivity index (χ1) is 8.85. The van der Waals surface area contributed by atoms with Gasteiger partial charge in [0.2, 0.25) is 5.91 Å². The highest BCUT2D eigenvalue weighted by Gasteiger charge is 2.39. The van der Waals surface area contributed by atoms with Crippen LogP contribution in [0.25, 0.3) is 0 Å². The number of carbonyl (C=O) groups is 1. The molecule has 2 heterocycles. The summed E-state index contributed by atoms with van der Waals surface area (Å²) in [5.41, 5.74) is 0.256. The normalized spacial score (nSPS) is 18.6. The maximum absolute atomic E-state index is 12.0. The van der Waals surface area contributed by atoms with Crippen LogP contribution in [0.3, 0.4) is 0 Å². The van der Waals surface area contributed by atoms with Gasteiger partial charge in [0.1, 0.15) is 22.8 Å². The van der Waals surface area contributed by atoms with Crippen LogP contribution in [-0.4, -0.2) is 34.5 Å². The molecular weight excluding hydrogens is 264 g/mol. The van der Waals surface area contributed by atoms with E-state index in [1.165, 1.54) is 6.33 Å². The third-order valence-corrected chi connectivity index (χ3v) is 3.80. The zero-order valence-corrected chi connectivity index (χ0v) is 12.5. The van der Waals surface area contributed by atoms with Crippen LogP contribution in [0.4, 0.5) is 5.82 Å². The fraction of sp³-hybridized carbons (Fsp3) is 0.615. The van der Waals surface area contributed by atoms with E-state index in [1.807, 2.05) is 32.6 Å². The minimum atomic E-state index is -0.639. The molecule has 2 rings (SSSR count). The third-order valence-electron chi connectivity index (χ3n) is 3.50. The molecule has 0 saturated carbocycles. The fourth-order valence-electron chi connectivity index (χ4n) is 2.35. The van der Waals surface area contributed by atoms with Crippen LogP contribution in [0.15, 0.2) is 6.33 Å². The molecule has 1 aliphatic rings. The summed E-state index contributed by atoms with van der Waals surface area (Å²) in [6, 6.07) is 0. The number of anilines is 1. The lowest BCUT2D eigenvalue weighted by molar-refractivity contribution is -0.126. The van der Waals surface area contributed by atoms with E-state index in [4.69, 9.17) is 11.6 Å². The summed E-state index contributed by atoms with van der Waals surface area (Å²) in [5.74, 6) is 0.961. The Morgan fingerprint density at radius 1 is 1.42 bits per heavy atom. The molecule has 1 amide bonds. The summed E-state index contributed by atoms with van der Waals surface area (Å²) in [6.07, 6.45) is 1.45. The van der Waals surface area contributed by atoms with Crippen LogP contribution in [0.1, 0.15) is 39.2 Å². The van der Waals surface area contributed by atoms with Crippen molar-refractivity contribution in [1.82, 2.24) is 15.3 Å². The second kappa shape index (κ2) is 4.96. The first kappa shape index (κ1) is 14.1. The van der Waals surface area contributed by atoms with Gasteiger partial charge in [0.05, 0.1) is 0 Å². The van der Waals surface area contributed by atoms with Gasteiger partial charge in [-0.05, 0) is 19.8 Å². The first-order valence-corrected chi connectivity index (χ1v) is 6.80. The Hall–Kier alpha value is -1.36. The van der Waals surface area contributed by atoms with Gasteiger partial charge in [-0.15, -0.1) is 0 Å². The average Bonchev–Trinajstić information content (AvgIpc) is 2.31. The summed E-state index contributed by atoms with van der Waals surface area (Å²) >= 11 is 6.19. The number of hydrogen-bond acceptors (Lipinski definition) is 4. The molecule has 19 heavy (non-hydrogen) atoms. The number of amides is 1. The minimum Gasteiger partial charge on any atom is -0.352 e. The van der Waals surface area contributed by atoms with Crippen molar-refractivity contribution in [1.29, 1.82) is 0 Å². The van der Waals surface area contributed by atoms with E-state index in [0.717, 1.165) is 11.4 Å². The minimum absolute atomic E-state index is 0.00295.